The first-order valence-electron chi connectivity index (χ1n) is 6.91. The number of hydrogen-bond acceptors (Lipinski definition) is 4. The van der Waals surface area contributed by atoms with Crippen LogP contribution in [0.4, 0.5) is 0 Å². The van der Waals surface area contributed by atoms with Gasteiger partial charge in [0.2, 0.25) is 5.76 Å². The number of rotatable bonds is 3. The Bertz CT molecular complexity index is 523. The number of carboxylic acids is 1. The van der Waals surface area contributed by atoms with E-state index in [9.17, 15) is 14.7 Å². The summed E-state index contributed by atoms with van der Waals surface area (Å²) in [5.74, 6) is -0.391. The quantitative estimate of drug-likeness (QED) is 0.915. The van der Waals surface area contributed by atoms with Gasteiger partial charge >= 0.3 is 5.97 Å². The van der Waals surface area contributed by atoms with Crippen molar-refractivity contribution in [3.63, 3.8) is 0 Å². The Morgan fingerprint density at radius 2 is 2.15 bits per heavy atom. The normalized spacial score (nSPS) is 22.9. The monoisotopic (exact) mass is 280 g/mol. The van der Waals surface area contributed by atoms with E-state index in [-0.39, 0.29) is 11.7 Å². The summed E-state index contributed by atoms with van der Waals surface area (Å²) >= 11 is 0. The molecule has 1 fully saturated rings. The minimum atomic E-state index is -0.953. The van der Waals surface area contributed by atoms with Crippen LogP contribution in [0.25, 0.3) is 0 Å². The van der Waals surface area contributed by atoms with E-state index in [1.165, 1.54) is 4.90 Å². The van der Waals surface area contributed by atoms with Gasteiger partial charge in [-0.1, -0.05) is 13.3 Å². The molecule has 0 radical (unpaired) electrons. The van der Waals surface area contributed by atoms with E-state index in [4.69, 9.17) is 4.42 Å². The Labute approximate surface area is 117 Å². The topological polar surface area (TPSA) is 83.6 Å². The molecule has 1 amide bonds. The number of likely N-dealkylation sites (tertiary alicyclic amines) is 1. The molecular weight excluding hydrogens is 260 g/mol. The summed E-state index contributed by atoms with van der Waals surface area (Å²) < 4.78 is 5.32. The Morgan fingerprint density at radius 1 is 1.45 bits per heavy atom. The summed E-state index contributed by atoms with van der Waals surface area (Å²) in [5, 5.41) is 9.35. The summed E-state index contributed by atoms with van der Waals surface area (Å²) in [5.41, 5.74) is 0.509. The third-order valence-corrected chi connectivity index (χ3v) is 3.93. The van der Waals surface area contributed by atoms with Gasteiger partial charge in [-0.05, 0) is 25.7 Å². The summed E-state index contributed by atoms with van der Waals surface area (Å²) in [6.45, 7) is 5.86. The van der Waals surface area contributed by atoms with Crippen molar-refractivity contribution in [2.75, 3.05) is 6.54 Å². The number of nitrogens with zero attached hydrogens (tertiary/aromatic N) is 2. The summed E-state index contributed by atoms with van der Waals surface area (Å²) in [6, 6.07) is -0.772. The van der Waals surface area contributed by atoms with Crippen molar-refractivity contribution in [3.8, 4) is 0 Å². The first-order chi connectivity index (χ1) is 9.43. The molecule has 2 atom stereocenters. The number of carbonyl (C=O) groups is 2. The molecule has 1 saturated heterocycles. The Balaban J connectivity index is 2.23. The smallest absolute Gasteiger partial charge is 0.326 e. The van der Waals surface area contributed by atoms with Gasteiger partial charge in [-0.2, -0.15) is 0 Å². The maximum atomic E-state index is 12.5. The minimum Gasteiger partial charge on any atom is -0.480 e. The molecule has 20 heavy (non-hydrogen) atoms. The lowest BCUT2D eigenvalue weighted by molar-refractivity contribution is -0.144. The minimum absolute atomic E-state index is 0.156. The average molecular weight is 280 g/mol. The first-order valence-corrected chi connectivity index (χ1v) is 6.91. The highest BCUT2D eigenvalue weighted by atomic mass is 16.4. The van der Waals surface area contributed by atoms with Gasteiger partial charge in [-0.3, -0.25) is 4.79 Å². The van der Waals surface area contributed by atoms with Gasteiger partial charge in [0.1, 0.15) is 6.04 Å². The molecule has 0 aromatic carbocycles. The highest BCUT2D eigenvalue weighted by molar-refractivity contribution is 5.95. The van der Waals surface area contributed by atoms with Gasteiger partial charge in [-0.25, -0.2) is 9.78 Å². The molecular formula is C14H20N2O4. The van der Waals surface area contributed by atoms with Crippen LogP contribution in [0.2, 0.25) is 0 Å². The molecule has 0 saturated carbocycles. The number of hydrogen-bond donors (Lipinski definition) is 1. The number of carboxylic acid groups (broad SMARTS) is 1. The maximum Gasteiger partial charge on any atom is 0.326 e. The van der Waals surface area contributed by atoms with Gasteiger partial charge in [0.25, 0.3) is 5.91 Å². The SMILES string of the molecule is CCC1CCN(C(=O)c2oc(C)nc2C)C(C(=O)O)C1. The van der Waals surface area contributed by atoms with E-state index in [1.54, 1.807) is 13.8 Å². The molecule has 6 heteroatoms. The fourth-order valence-electron chi connectivity index (χ4n) is 2.75. The van der Waals surface area contributed by atoms with Crippen molar-refractivity contribution in [2.24, 2.45) is 5.92 Å². The first kappa shape index (κ1) is 14.6. The zero-order valence-corrected chi connectivity index (χ0v) is 12.0. The Kier molecular flexibility index (Phi) is 4.11. The number of aryl methyl sites for hydroxylation is 2. The maximum absolute atomic E-state index is 12.5. The second-order valence-corrected chi connectivity index (χ2v) is 5.30. The molecule has 0 spiro atoms. The molecule has 2 unspecified atom stereocenters. The summed E-state index contributed by atoms with van der Waals surface area (Å²) in [7, 11) is 0. The van der Waals surface area contributed by atoms with Crippen molar-refractivity contribution < 1.29 is 19.1 Å². The number of carbonyl (C=O) groups excluding carboxylic acids is 1. The molecule has 1 aliphatic rings. The largest absolute Gasteiger partial charge is 0.480 e. The van der Waals surface area contributed by atoms with Crippen LogP contribution in [0.3, 0.4) is 0 Å². The van der Waals surface area contributed by atoms with Crippen LogP contribution in [-0.4, -0.2) is 39.5 Å². The molecule has 1 aliphatic heterocycles. The van der Waals surface area contributed by atoms with E-state index in [1.807, 2.05) is 6.92 Å². The Hall–Kier alpha value is -1.85. The van der Waals surface area contributed by atoms with Crippen molar-refractivity contribution in [1.29, 1.82) is 0 Å². The lowest BCUT2D eigenvalue weighted by Crippen LogP contribution is -2.50. The van der Waals surface area contributed by atoms with Crippen LogP contribution in [0.15, 0.2) is 4.42 Å². The molecule has 1 N–H and O–H groups in total. The molecule has 0 bridgehead atoms. The highest BCUT2D eigenvalue weighted by Crippen LogP contribution is 2.27. The van der Waals surface area contributed by atoms with Gasteiger partial charge in [-0.15, -0.1) is 0 Å². The average Bonchev–Trinajstić information content (AvgIpc) is 2.76. The van der Waals surface area contributed by atoms with Gasteiger partial charge in [0.05, 0.1) is 5.69 Å². The lowest BCUT2D eigenvalue weighted by atomic mass is 9.88. The molecule has 2 heterocycles. The zero-order chi connectivity index (χ0) is 14.9. The third kappa shape index (κ3) is 2.69. The number of aliphatic carboxylic acids is 1. The second-order valence-electron chi connectivity index (χ2n) is 5.30. The fourth-order valence-corrected chi connectivity index (χ4v) is 2.75. The molecule has 1 aromatic heterocycles. The van der Waals surface area contributed by atoms with Gasteiger partial charge in [0, 0.05) is 13.5 Å². The van der Waals surface area contributed by atoms with E-state index in [0.717, 1.165) is 12.8 Å². The number of piperidine rings is 1. The molecule has 6 nitrogen and oxygen atoms in total. The number of aromatic nitrogens is 1. The van der Waals surface area contributed by atoms with E-state index < -0.39 is 12.0 Å². The predicted octanol–water partition coefficient (Wildman–Crippen LogP) is 2.01. The van der Waals surface area contributed by atoms with Crippen molar-refractivity contribution in [3.05, 3.63) is 17.3 Å². The van der Waals surface area contributed by atoms with Crippen LogP contribution in [0.1, 0.15) is 48.3 Å². The summed E-state index contributed by atoms with van der Waals surface area (Å²) in [6.07, 6.45) is 2.27. The zero-order valence-electron chi connectivity index (χ0n) is 12.0. The van der Waals surface area contributed by atoms with E-state index >= 15 is 0 Å². The van der Waals surface area contributed by atoms with E-state index in [2.05, 4.69) is 4.98 Å². The predicted molar refractivity (Wildman–Crippen MR) is 71.5 cm³/mol. The van der Waals surface area contributed by atoms with Crippen LogP contribution in [-0.2, 0) is 4.79 Å². The molecule has 0 aliphatic carbocycles. The van der Waals surface area contributed by atoms with Crippen LogP contribution >= 0.6 is 0 Å². The number of oxazole rings is 1. The standard InChI is InChI=1S/C14H20N2O4/c1-4-10-5-6-16(11(7-10)14(18)19)13(17)12-8(2)15-9(3)20-12/h10-11H,4-7H2,1-3H3,(H,18,19). The van der Waals surface area contributed by atoms with Crippen molar-refractivity contribution in [2.45, 2.75) is 46.1 Å². The van der Waals surface area contributed by atoms with Gasteiger partial charge in [0.15, 0.2) is 5.89 Å². The van der Waals surface area contributed by atoms with Crippen LogP contribution < -0.4 is 0 Å². The lowest BCUT2D eigenvalue weighted by Gasteiger charge is -2.36. The van der Waals surface area contributed by atoms with Gasteiger partial charge < -0.3 is 14.4 Å². The second kappa shape index (κ2) is 5.64. The highest BCUT2D eigenvalue weighted by Gasteiger charge is 2.37. The van der Waals surface area contributed by atoms with Crippen LogP contribution in [0.5, 0.6) is 0 Å². The molecule has 2 rings (SSSR count). The molecule has 110 valence electrons. The Morgan fingerprint density at radius 3 is 2.65 bits per heavy atom. The third-order valence-electron chi connectivity index (χ3n) is 3.93. The van der Waals surface area contributed by atoms with E-state index in [0.29, 0.717) is 30.5 Å². The van der Waals surface area contributed by atoms with Crippen LogP contribution in [0, 0.1) is 19.8 Å². The molecule has 1 aromatic rings. The van der Waals surface area contributed by atoms with Crippen molar-refractivity contribution in [1.82, 2.24) is 9.88 Å². The fraction of sp³-hybridized carbons (Fsp3) is 0.643. The number of amides is 1. The summed E-state index contributed by atoms with van der Waals surface area (Å²) in [4.78, 5) is 29.4. The van der Waals surface area contributed by atoms with Crippen molar-refractivity contribution >= 4 is 11.9 Å².